The van der Waals surface area contributed by atoms with E-state index in [1.54, 1.807) is 11.3 Å². The second kappa shape index (κ2) is 8.24. The molecule has 3 aromatic rings. The Labute approximate surface area is 175 Å². The molecule has 1 aliphatic rings. The molecule has 1 saturated heterocycles. The number of hydrogen-bond acceptors (Lipinski definition) is 5. The lowest BCUT2D eigenvalue weighted by Gasteiger charge is -2.31. The van der Waals surface area contributed by atoms with E-state index in [2.05, 4.69) is 29.3 Å². The molecule has 0 aliphatic carbocycles. The van der Waals surface area contributed by atoms with Crippen LogP contribution < -0.4 is 4.90 Å². The Balaban J connectivity index is 1.40. The second-order valence-electron chi connectivity index (χ2n) is 7.41. The van der Waals surface area contributed by atoms with Gasteiger partial charge in [0.15, 0.2) is 15.0 Å². The molecule has 4 nitrogen and oxygen atoms in total. The van der Waals surface area contributed by atoms with Gasteiger partial charge in [-0.25, -0.2) is 17.8 Å². The largest absolute Gasteiger partial charge is 0.348 e. The van der Waals surface area contributed by atoms with Crippen molar-refractivity contribution in [2.75, 3.05) is 18.0 Å². The first-order chi connectivity index (χ1) is 13.9. The van der Waals surface area contributed by atoms with E-state index in [9.17, 15) is 12.8 Å². The topological polar surface area (TPSA) is 50.3 Å². The van der Waals surface area contributed by atoms with Crippen molar-refractivity contribution in [3.8, 4) is 0 Å². The number of thiazole rings is 1. The van der Waals surface area contributed by atoms with Gasteiger partial charge in [-0.3, -0.25) is 0 Å². The fourth-order valence-corrected chi connectivity index (χ4v) is 6.31. The minimum absolute atomic E-state index is 0.201. The number of rotatable bonds is 5. The summed E-state index contributed by atoms with van der Waals surface area (Å²) in [6.45, 7) is 3.42. The van der Waals surface area contributed by atoms with E-state index >= 15 is 0 Å². The Hall–Kier alpha value is -2.25. The minimum Gasteiger partial charge on any atom is -0.348 e. The molecule has 0 spiro atoms. The Kier molecular flexibility index (Phi) is 5.69. The zero-order valence-corrected chi connectivity index (χ0v) is 17.8. The summed E-state index contributed by atoms with van der Waals surface area (Å²) in [5.41, 5.74) is 3.57. The third-order valence-electron chi connectivity index (χ3n) is 5.47. The molecule has 2 aromatic carbocycles. The van der Waals surface area contributed by atoms with Crippen LogP contribution in [0, 0.1) is 12.7 Å². The van der Waals surface area contributed by atoms with Crippen molar-refractivity contribution in [3.63, 3.8) is 0 Å². The number of aromatic nitrogens is 1. The molecule has 0 unspecified atom stereocenters. The fourth-order valence-electron chi connectivity index (χ4n) is 3.70. The van der Waals surface area contributed by atoms with Gasteiger partial charge in [-0.2, -0.15) is 0 Å². The molecule has 0 bridgehead atoms. The summed E-state index contributed by atoms with van der Waals surface area (Å²) in [7, 11) is -3.43. The van der Waals surface area contributed by atoms with Crippen LogP contribution in [0.5, 0.6) is 0 Å². The zero-order valence-electron chi connectivity index (χ0n) is 16.2. The van der Waals surface area contributed by atoms with E-state index in [0.717, 1.165) is 17.2 Å². The number of halogens is 1. The van der Waals surface area contributed by atoms with Gasteiger partial charge >= 0.3 is 0 Å². The Morgan fingerprint density at radius 2 is 1.79 bits per heavy atom. The van der Waals surface area contributed by atoms with Crippen LogP contribution in [-0.2, 0) is 16.3 Å². The lowest BCUT2D eigenvalue weighted by Crippen LogP contribution is -2.39. The number of piperidine rings is 1. The third-order valence-corrected chi connectivity index (χ3v) is 8.69. The van der Waals surface area contributed by atoms with E-state index in [4.69, 9.17) is 4.98 Å². The van der Waals surface area contributed by atoms with Crippen molar-refractivity contribution in [3.05, 3.63) is 76.5 Å². The van der Waals surface area contributed by atoms with Gasteiger partial charge in [0.05, 0.1) is 15.8 Å². The highest BCUT2D eigenvalue weighted by Crippen LogP contribution is 2.29. The summed E-state index contributed by atoms with van der Waals surface area (Å²) in [4.78, 5) is 7.15. The van der Waals surface area contributed by atoms with Crippen LogP contribution in [0.15, 0.2) is 58.8 Å². The number of anilines is 1. The molecular weight excluding hydrogens is 407 g/mol. The van der Waals surface area contributed by atoms with Crippen LogP contribution in [0.2, 0.25) is 0 Å². The number of benzene rings is 2. The normalized spacial score (nSPS) is 15.6. The molecule has 152 valence electrons. The quantitative estimate of drug-likeness (QED) is 0.554. The molecule has 7 heteroatoms. The van der Waals surface area contributed by atoms with E-state index in [0.29, 0.717) is 25.9 Å². The highest BCUT2D eigenvalue weighted by atomic mass is 32.2. The maximum absolute atomic E-state index is 13.1. The molecule has 29 heavy (non-hydrogen) atoms. The monoisotopic (exact) mass is 430 g/mol. The first-order valence-electron chi connectivity index (χ1n) is 9.67. The summed E-state index contributed by atoms with van der Waals surface area (Å²) >= 11 is 1.61. The van der Waals surface area contributed by atoms with Gasteiger partial charge in [-0.15, -0.1) is 11.3 Å². The molecule has 4 rings (SSSR count). The van der Waals surface area contributed by atoms with Crippen molar-refractivity contribution in [1.29, 1.82) is 0 Å². The van der Waals surface area contributed by atoms with Gasteiger partial charge in [0.2, 0.25) is 0 Å². The van der Waals surface area contributed by atoms with E-state index < -0.39 is 20.9 Å². The zero-order chi connectivity index (χ0) is 20.4. The Morgan fingerprint density at radius 1 is 1.10 bits per heavy atom. The van der Waals surface area contributed by atoms with Gasteiger partial charge < -0.3 is 4.90 Å². The molecule has 0 amide bonds. The Bertz CT molecular complexity index is 1090. The molecule has 1 fully saturated rings. The van der Waals surface area contributed by atoms with Crippen molar-refractivity contribution >= 4 is 26.3 Å². The first kappa shape index (κ1) is 20.0. The highest BCUT2D eigenvalue weighted by molar-refractivity contribution is 7.92. The number of nitrogens with zero attached hydrogens (tertiary/aromatic N) is 2. The maximum atomic E-state index is 13.1. The van der Waals surface area contributed by atoms with Gasteiger partial charge in [0.1, 0.15) is 5.82 Å². The summed E-state index contributed by atoms with van der Waals surface area (Å²) < 4.78 is 38.8. The van der Waals surface area contributed by atoms with Crippen molar-refractivity contribution in [1.82, 2.24) is 4.98 Å². The molecule has 0 saturated carbocycles. The molecule has 1 aliphatic heterocycles. The molecule has 0 N–H and O–H groups in total. The van der Waals surface area contributed by atoms with Crippen LogP contribution in [0.1, 0.15) is 29.7 Å². The average molecular weight is 431 g/mol. The lowest BCUT2D eigenvalue weighted by atomic mass is 10.1. The third kappa shape index (κ3) is 4.36. The van der Waals surface area contributed by atoms with Gasteiger partial charge in [0, 0.05) is 24.9 Å². The fraction of sp³-hybridized carbons (Fsp3) is 0.318. The Morgan fingerprint density at radius 3 is 2.48 bits per heavy atom. The van der Waals surface area contributed by atoms with Crippen molar-refractivity contribution < 1.29 is 12.8 Å². The first-order valence-corrected chi connectivity index (χ1v) is 12.1. The average Bonchev–Trinajstić information content (AvgIpc) is 3.19. The van der Waals surface area contributed by atoms with Crippen LogP contribution in [0.3, 0.4) is 0 Å². The number of sulfone groups is 1. The summed E-state index contributed by atoms with van der Waals surface area (Å²) in [5.74, 6) is -0.427. The second-order valence-corrected chi connectivity index (χ2v) is 10.5. The van der Waals surface area contributed by atoms with E-state index in [1.165, 1.54) is 35.4 Å². The number of aryl methyl sites for hydroxylation is 1. The minimum atomic E-state index is -3.43. The molecule has 2 heterocycles. The highest BCUT2D eigenvalue weighted by Gasteiger charge is 2.32. The van der Waals surface area contributed by atoms with E-state index in [1.807, 2.05) is 12.1 Å². The predicted molar refractivity (Wildman–Crippen MR) is 115 cm³/mol. The number of hydrogen-bond donors (Lipinski definition) is 0. The predicted octanol–water partition coefficient (Wildman–Crippen LogP) is 4.62. The van der Waals surface area contributed by atoms with Crippen LogP contribution >= 0.6 is 11.3 Å². The van der Waals surface area contributed by atoms with Crippen molar-refractivity contribution in [2.45, 2.75) is 36.3 Å². The standard InChI is InChI=1S/C22H23FN2O2S2/c1-16-4-2-3-5-17(16)14-19-15-28-22(24-19)25-12-10-21(11-13-25)29(26,27)20-8-6-18(23)7-9-20/h2-9,15,21H,10-14H2,1H3. The maximum Gasteiger partial charge on any atom is 0.185 e. The SMILES string of the molecule is Cc1ccccc1Cc1csc(N2CCC(S(=O)(=O)c3ccc(F)cc3)CC2)n1. The van der Waals surface area contributed by atoms with Gasteiger partial charge in [-0.1, -0.05) is 24.3 Å². The van der Waals surface area contributed by atoms with Crippen molar-refractivity contribution in [2.24, 2.45) is 0 Å². The molecule has 0 atom stereocenters. The summed E-state index contributed by atoms with van der Waals surface area (Å²) in [5, 5.41) is 2.60. The van der Waals surface area contributed by atoms with Crippen LogP contribution in [0.25, 0.3) is 0 Å². The summed E-state index contributed by atoms with van der Waals surface area (Å²) in [6.07, 6.45) is 1.90. The van der Waals surface area contributed by atoms with Crippen LogP contribution in [-0.4, -0.2) is 31.7 Å². The lowest BCUT2D eigenvalue weighted by molar-refractivity contribution is 0.529. The molecule has 0 radical (unpaired) electrons. The molecule has 1 aromatic heterocycles. The van der Waals surface area contributed by atoms with Gasteiger partial charge in [0.25, 0.3) is 0 Å². The summed E-state index contributed by atoms with van der Waals surface area (Å²) in [6, 6.07) is 13.4. The van der Waals surface area contributed by atoms with E-state index in [-0.39, 0.29) is 4.90 Å². The van der Waals surface area contributed by atoms with Gasteiger partial charge in [-0.05, 0) is 55.2 Å². The van der Waals surface area contributed by atoms with Crippen LogP contribution in [0.4, 0.5) is 9.52 Å². The smallest absolute Gasteiger partial charge is 0.185 e. The molecular formula is C22H23FN2O2S2.